The first-order chi connectivity index (χ1) is 8.82. The smallest absolute Gasteiger partial charge is 0.382 e. The predicted octanol–water partition coefficient (Wildman–Crippen LogP) is 1.94. The second-order valence-electron chi connectivity index (χ2n) is 4.08. The van der Waals surface area contributed by atoms with Crippen LogP contribution in [-0.4, -0.2) is 40.4 Å². The molecule has 0 saturated carbocycles. The Balaban J connectivity index is 2.65. The van der Waals surface area contributed by atoms with E-state index < -0.39 is 18.8 Å². The highest BCUT2D eigenvalue weighted by molar-refractivity contribution is 5.42. The third kappa shape index (κ3) is 5.29. The molecule has 1 aromatic heterocycles. The van der Waals surface area contributed by atoms with Crippen molar-refractivity contribution in [2.24, 2.45) is 0 Å². The van der Waals surface area contributed by atoms with Gasteiger partial charge in [0.05, 0.1) is 6.54 Å². The van der Waals surface area contributed by atoms with E-state index in [2.05, 4.69) is 20.6 Å². The largest absolute Gasteiger partial charge is 0.416 e. The zero-order valence-electron chi connectivity index (χ0n) is 10.8. The molecule has 1 unspecified atom stereocenters. The zero-order valence-corrected chi connectivity index (χ0v) is 10.8. The highest BCUT2D eigenvalue weighted by Gasteiger charge is 2.37. The molecule has 0 aliphatic heterocycles. The Bertz CT molecular complexity index is 411. The van der Waals surface area contributed by atoms with E-state index in [9.17, 15) is 13.2 Å². The van der Waals surface area contributed by atoms with Gasteiger partial charge in [0.1, 0.15) is 5.82 Å². The standard InChI is InChI=1S/C11H17F3N4O/c1-3-4-15-10-17-7(2)5-9(18-10)16-6-8(19)11(12,13)14/h5,8,19H,3-4,6H2,1-2H3,(H2,15,16,17,18). The van der Waals surface area contributed by atoms with Gasteiger partial charge in [-0.1, -0.05) is 6.92 Å². The summed E-state index contributed by atoms with van der Waals surface area (Å²) < 4.78 is 36.4. The summed E-state index contributed by atoms with van der Waals surface area (Å²) in [5.41, 5.74) is 0.623. The minimum atomic E-state index is -4.64. The Kier molecular flexibility index (Phi) is 5.34. The number of rotatable bonds is 6. The average Bonchev–Trinajstić information content (AvgIpc) is 2.31. The van der Waals surface area contributed by atoms with E-state index in [1.165, 1.54) is 6.07 Å². The quantitative estimate of drug-likeness (QED) is 0.742. The van der Waals surface area contributed by atoms with E-state index >= 15 is 0 Å². The van der Waals surface area contributed by atoms with Crippen LogP contribution in [0.5, 0.6) is 0 Å². The minimum Gasteiger partial charge on any atom is -0.382 e. The molecule has 8 heteroatoms. The maximum atomic E-state index is 12.1. The van der Waals surface area contributed by atoms with Crippen LogP contribution in [0, 0.1) is 6.92 Å². The van der Waals surface area contributed by atoms with Crippen molar-refractivity contribution in [1.82, 2.24) is 9.97 Å². The van der Waals surface area contributed by atoms with Gasteiger partial charge < -0.3 is 15.7 Å². The van der Waals surface area contributed by atoms with Crippen molar-refractivity contribution >= 4 is 11.8 Å². The summed E-state index contributed by atoms with van der Waals surface area (Å²) in [4.78, 5) is 8.11. The first-order valence-electron chi connectivity index (χ1n) is 5.91. The summed E-state index contributed by atoms with van der Waals surface area (Å²) in [5, 5.41) is 14.3. The lowest BCUT2D eigenvalue weighted by Gasteiger charge is -2.16. The zero-order chi connectivity index (χ0) is 14.5. The SMILES string of the molecule is CCCNc1nc(C)cc(NCC(O)C(F)(F)F)n1. The molecule has 5 nitrogen and oxygen atoms in total. The maximum absolute atomic E-state index is 12.1. The van der Waals surface area contributed by atoms with Crippen LogP contribution in [0.3, 0.4) is 0 Å². The number of aliphatic hydroxyl groups excluding tert-OH is 1. The van der Waals surface area contributed by atoms with E-state index in [1.54, 1.807) is 6.92 Å². The first kappa shape index (κ1) is 15.5. The fraction of sp³-hybridized carbons (Fsp3) is 0.636. The molecule has 19 heavy (non-hydrogen) atoms. The summed E-state index contributed by atoms with van der Waals surface area (Å²) >= 11 is 0. The van der Waals surface area contributed by atoms with Crippen LogP contribution in [-0.2, 0) is 0 Å². The van der Waals surface area contributed by atoms with E-state index in [1.807, 2.05) is 6.92 Å². The normalized spacial score (nSPS) is 13.2. The molecule has 0 amide bonds. The highest BCUT2D eigenvalue weighted by Crippen LogP contribution is 2.20. The van der Waals surface area contributed by atoms with Crippen molar-refractivity contribution in [1.29, 1.82) is 0 Å². The van der Waals surface area contributed by atoms with Crippen molar-refractivity contribution in [2.75, 3.05) is 23.7 Å². The van der Waals surface area contributed by atoms with Crippen LogP contribution in [0.15, 0.2) is 6.07 Å². The third-order valence-corrected chi connectivity index (χ3v) is 2.24. The number of alkyl halides is 3. The molecule has 0 fully saturated rings. The number of hydrogen-bond donors (Lipinski definition) is 3. The molecule has 3 N–H and O–H groups in total. The Morgan fingerprint density at radius 1 is 1.32 bits per heavy atom. The summed E-state index contributed by atoms with van der Waals surface area (Å²) in [6.45, 7) is 3.72. The van der Waals surface area contributed by atoms with E-state index in [0.717, 1.165) is 6.42 Å². The van der Waals surface area contributed by atoms with Gasteiger partial charge in [-0.15, -0.1) is 0 Å². The van der Waals surface area contributed by atoms with Crippen LogP contribution in [0.2, 0.25) is 0 Å². The number of aromatic nitrogens is 2. The number of nitrogens with one attached hydrogen (secondary N) is 2. The minimum absolute atomic E-state index is 0.245. The van der Waals surface area contributed by atoms with Crippen LogP contribution < -0.4 is 10.6 Å². The molecule has 0 bridgehead atoms. The van der Waals surface area contributed by atoms with Gasteiger partial charge in [0.25, 0.3) is 0 Å². The van der Waals surface area contributed by atoms with Crippen molar-refractivity contribution in [2.45, 2.75) is 32.5 Å². The summed E-state index contributed by atoms with van der Waals surface area (Å²) in [6, 6.07) is 1.51. The average molecular weight is 278 g/mol. The van der Waals surface area contributed by atoms with E-state index in [-0.39, 0.29) is 5.82 Å². The Hall–Kier alpha value is -1.57. The molecule has 108 valence electrons. The van der Waals surface area contributed by atoms with E-state index in [0.29, 0.717) is 18.2 Å². The van der Waals surface area contributed by atoms with Gasteiger partial charge in [-0.3, -0.25) is 0 Å². The molecule has 1 aromatic rings. The lowest BCUT2D eigenvalue weighted by Crippen LogP contribution is -2.35. The number of hydrogen-bond acceptors (Lipinski definition) is 5. The van der Waals surface area contributed by atoms with Crippen molar-refractivity contribution < 1.29 is 18.3 Å². The Morgan fingerprint density at radius 3 is 2.58 bits per heavy atom. The van der Waals surface area contributed by atoms with Gasteiger partial charge in [-0.05, 0) is 13.3 Å². The second kappa shape index (κ2) is 6.55. The molecule has 1 heterocycles. The van der Waals surface area contributed by atoms with Crippen LogP contribution in [0.1, 0.15) is 19.0 Å². The van der Waals surface area contributed by atoms with Gasteiger partial charge in [-0.25, -0.2) is 4.98 Å². The Labute approximate surface area is 109 Å². The van der Waals surface area contributed by atoms with Crippen molar-refractivity contribution in [3.8, 4) is 0 Å². The molecule has 1 atom stereocenters. The van der Waals surface area contributed by atoms with Gasteiger partial charge >= 0.3 is 6.18 Å². The highest BCUT2D eigenvalue weighted by atomic mass is 19.4. The van der Waals surface area contributed by atoms with Crippen LogP contribution in [0.25, 0.3) is 0 Å². The Morgan fingerprint density at radius 2 is 2.00 bits per heavy atom. The number of halogens is 3. The number of aryl methyl sites for hydroxylation is 1. The molecule has 0 aromatic carbocycles. The first-order valence-corrected chi connectivity index (χ1v) is 5.91. The predicted molar refractivity (Wildman–Crippen MR) is 66.1 cm³/mol. The summed E-state index contributed by atoms with van der Waals surface area (Å²) in [6.07, 6.45) is -6.18. The number of anilines is 2. The van der Waals surface area contributed by atoms with Crippen LogP contribution >= 0.6 is 0 Å². The number of aliphatic hydroxyl groups is 1. The summed E-state index contributed by atoms with van der Waals surface area (Å²) in [7, 11) is 0. The van der Waals surface area contributed by atoms with E-state index in [4.69, 9.17) is 5.11 Å². The molecule has 0 saturated heterocycles. The van der Waals surface area contributed by atoms with Gasteiger partial charge in [-0.2, -0.15) is 18.2 Å². The molecule has 0 radical (unpaired) electrons. The second-order valence-corrected chi connectivity index (χ2v) is 4.08. The van der Waals surface area contributed by atoms with Crippen molar-refractivity contribution in [3.05, 3.63) is 11.8 Å². The molecule has 1 rings (SSSR count). The van der Waals surface area contributed by atoms with Gasteiger partial charge in [0.15, 0.2) is 6.10 Å². The molecule has 0 aliphatic carbocycles. The molecule has 0 aliphatic rings. The summed E-state index contributed by atoms with van der Waals surface area (Å²) in [5.74, 6) is 0.597. The lowest BCUT2D eigenvalue weighted by atomic mass is 10.3. The topological polar surface area (TPSA) is 70.1 Å². The van der Waals surface area contributed by atoms with Crippen molar-refractivity contribution in [3.63, 3.8) is 0 Å². The fourth-order valence-corrected chi connectivity index (χ4v) is 1.29. The lowest BCUT2D eigenvalue weighted by molar-refractivity contribution is -0.198. The number of nitrogens with zero attached hydrogens (tertiary/aromatic N) is 2. The molecular formula is C11H17F3N4O. The fourth-order valence-electron chi connectivity index (χ4n) is 1.29. The monoisotopic (exact) mass is 278 g/mol. The maximum Gasteiger partial charge on any atom is 0.416 e. The molecule has 0 spiro atoms. The van der Waals surface area contributed by atoms with Gasteiger partial charge in [0.2, 0.25) is 5.95 Å². The third-order valence-electron chi connectivity index (χ3n) is 2.24. The molecular weight excluding hydrogens is 261 g/mol. The van der Waals surface area contributed by atoms with Gasteiger partial charge in [0, 0.05) is 18.3 Å². The van der Waals surface area contributed by atoms with Crippen LogP contribution in [0.4, 0.5) is 24.9 Å².